The summed E-state index contributed by atoms with van der Waals surface area (Å²) in [6, 6.07) is 11.5. The van der Waals surface area contributed by atoms with Crippen molar-refractivity contribution in [2.24, 2.45) is 0 Å². The fourth-order valence-electron chi connectivity index (χ4n) is 3.51. The highest BCUT2D eigenvalue weighted by Crippen LogP contribution is 2.14. The number of urea groups is 1. The number of anilines is 1. The molecule has 1 aliphatic rings. The zero-order valence-corrected chi connectivity index (χ0v) is 18.5. The van der Waals surface area contributed by atoms with Gasteiger partial charge in [-0.15, -0.1) is 0 Å². The van der Waals surface area contributed by atoms with Gasteiger partial charge in [0.2, 0.25) is 5.88 Å². The zero-order chi connectivity index (χ0) is 21.9. The fourth-order valence-corrected chi connectivity index (χ4v) is 3.51. The Labute approximate surface area is 184 Å². The molecule has 2 heterocycles. The Morgan fingerprint density at radius 2 is 1.77 bits per heavy atom. The van der Waals surface area contributed by atoms with E-state index in [0.717, 1.165) is 44.8 Å². The molecule has 0 aliphatic carbocycles. The summed E-state index contributed by atoms with van der Waals surface area (Å²) >= 11 is 0. The van der Waals surface area contributed by atoms with Crippen LogP contribution in [0.15, 0.2) is 42.6 Å². The van der Waals surface area contributed by atoms with Crippen LogP contribution in [-0.4, -0.2) is 73.9 Å². The number of rotatable bonds is 10. The molecule has 8 nitrogen and oxygen atoms in total. The summed E-state index contributed by atoms with van der Waals surface area (Å²) in [6.07, 6.45) is 1.58. The van der Waals surface area contributed by atoms with Gasteiger partial charge in [-0.3, -0.25) is 4.90 Å². The van der Waals surface area contributed by atoms with Crippen LogP contribution in [0.4, 0.5) is 10.5 Å². The van der Waals surface area contributed by atoms with Crippen LogP contribution in [0.5, 0.6) is 5.88 Å². The molecule has 1 aliphatic heterocycles. The second-order valence-corrected chi connectivity index (χ2v) is 7.51. The van der Waals surface area contributed by atoms with Crippen molar-refractivity contribution in [1.29, 1.82) is 0 Å². The molecule has 1 fully saturated rings. The number of likely N-dealkylation sites (N-methyl/N-ethyl adjacent to an activating group) is 1. The first-order valence-corrected chi connectivity index (χ1v) is 10.8. The van der Waals surface area contributed by atoms with Crippen LogP contribution in [0, 0.1) is 0 Å². The molecular weight excluding hydrogens is 394 g/mol. The average Bonchev–Trinajstić information content (AvgIpc) is 2.80. The molecule has 8 heteroatoms. The number of pyridine rings is 1. The van der Waals surface area contributed by atoms with Gasteiger partial charge in [0.25, 0.3) is 0 Å². The van der Waals surface area contributed by atoms with E-state index >= 15 is 0 Å². The van der Waals surface area contributed by atoms with Crippen molar-refractivity contribution < 1.29 is 14.3 Å². The van der Waals surface area contributed by atoms with E-state index in [9.17, 15) is 4.79 Å². The van der Waals surface area contributed by atoms with Crippen LogP contribution in [0.1, 0.15) is 18.1 Å². The molecule has 3 rings (SSSR count). The molecule has 0 radical (unpaired) electrons. The van der Waals surface area contributed by atoms with Crippen molar-refractivity contribution in [1.82, 2.24) is 20.1 Å². The lowest BCUT2D eigenvalue weighted by Gasteiger charge is -2.34. The third-order valence-electron chi connectivity index (χ3n) is 5.40. The van der Waals surface area contributed by atoms with E-state index in [-0.39, 0.29) is 6.03 Å². The van der Waals surface area contributed by atoms with Crippen molar-refractivity contribution in [2.75, 3.05) is 58.4 Å². The summed E-state index contributed by atoms with van der Waals surface area (Å²) in [4.78, 5) is 21.5. The molecule has 2 aromatic rings. The smallest absolute Gasteiger partial charge is 0.319 e. The van der Waals surface area contributed by atoms with Crippen LogP contribution in [0.2, 0.25) is 0 Å². The molecule has 1 aromatic heterocycles. The van der Waals surface area contributed by atoms with Gasteiger partial charge < -0.3 is 25.0 Å². The molecule has 0 saturated carbocycles. The Morgan fingerprint density at radius 3 is 2.45 bits per heavy atom. The van der Waals surface area contributed by atoms with Gasteiger partial charge in [-0.2, -0.15) is 0 Å². The van der Waals surface area contributed by atoms with Gasteiger partial charge in [0, 0.05) is 52.4 Å². The minimum absolute atomic E-state index is 0.263. The lowest BCUT2D eigenvalue weighted by atomic mass is 10.1. The van der Waals surface area contributed by atoms with Gasteiger partial charge in [0.15, 0.2) is 0 Å². The van der Waals surface area contributed by atoms with Crippen molar-refractivity contribution in [2.45, 2.75) is 20.0 Å². The monoisotopic (exact) mass is 427 g/mol. The average molecular weight is 428 g/mol. The molecule has 0 atom stereocenters. The number of carbonyl (C=O) groups is 1. The standard InChI is InChI=1S/C23H33N5O3/c1-3-27-10-12-28(13-11-27)18-20-7-5-4-6-19(20)16-25-23(29)26-21-8-9-22(24-17-21)31-15-14-30-2/h4-9,17H,3,10-16,18H2,1-2H3,(H2,25,26,29). The Bertz CT molecular complexity index is 807. The summed E-state index contributed by atoms with van der Waals surface area (Å²) in [7, 11) is 1.62. The lowest BCUT2D eigenvalue weighted by molar-refractivity contribution is 0.131. The molecule has 168 valence electrons. The number of piperazine rings is 1. The molecule has 2 amide bonds. The maximum absolute atomic E-state index is 12.3. The molecule has 1 aromatic carbocycles. The first-order valence-electron chi connectivity index (χ1n) is 10.8. The SMILES string of the molecule is CCN1CCN(Cc2ccccc2CNC(=O)Nc2ccc(OCCOC)nc2)CC1. The van der Waals surface area contributed by atoms with Crippen molar-refractivity contribution in [3.05, 3.63) is 53.7 Å². The number of carbonyl (C=O) groups excluding carboxylic acids is 1. The number of hydrogen-bond acceptors (Lipinski definition) is 6. The number of ether oxygens (including phenoxy) is 2. The van der Waals surface area contributed by atoms with Crippen molar-refractivity contribution >= 4 is 11.7 Å². The third kappa shape index (κ3) is 7.50. The highest BCUT2D eigenvalue weighted by atomic mass is 16.5. The first-order chi connectivity index (χ1) is 15.2. The quantitative estimate of drug-likeness (QED) is 0.568. The van der Waals surface area contributed by atoms with Gasteiger partial charge >= 0.3 is 6.03 Å². The molecule has 1 saturated heterocycles. The molecule has 31 heavy (non-hydrogen) atoms. The second-order valence-electron chi connectivity index (χ2n) is 7.51. The number of methoxy groups -OCH3 is 1. The predicted octanol–water partition coefficient (Wildman–Crippen LogP) is 2.57. The summed E-state index contributed by atoms with van der Waals surface area (Å²) < 4.78 is 10.4. The van der Waals surface area contributed by atoms with E-state index in [2.05, 4.69) is 50.5 Å². The number of nitrogens with zero attached hydrogens (tertiary/aromatic N) is 3. The zero-order valence-electron chi connectivity index (χ0n) is 18.5. The van der Waals surface area contributed by atoms with Crippen LogP contribution < -0.4 is 15.4 Å². The minimum atomic E-state index is -0.263. The molecular formula is C23H33N5O3. The summed E-state index contributed by atoms with van der Waals surface area (Å²) in [5.41, 5.74) is 3.00. The number of benzene rings is 1. The molecule has 0 unspecified atom stereocenters. The second kappa shape index (κ2) is 12.2. The van der Waals surface area contributed by atoms with Gasteiger partial charge in [-0.1, -0.05) is 31.2 Å². The molecule has 0 spiro atoms. The highest BCUT2D eigenvalue weighted by Gasteiger charge is 2.16. The lowest BCUT2D eigenvalue weighted by Crippen LogP contribution is -2.45. The molecule has 2 N–H and O–H groups in total. The summed E-state index contributed by atoms with van der Waals surface area (Å²) in [5, 5.41) is 5.76. The van der Waals surface area contributed by atoms with Gasteiger partial charge in [0.1, 0.15) is 6.61 Å². The van der Waals surface area contributed by atoms with Crippen LogP contribution in [0.3, 0.4) is 0 Å². The molecule has 0 bridgehead atoms. The van der Waals surface area contributed by atoms with Crippen LogP contribution in [0.25, 0.3) is 0 Å². The normalized spacial score (nSPS) is 14.9. The number of amides is 2. The van der Waals surface area contributed by atoms with Crippen molar-refractivity contribution in [3.8, 4) is 5.88 Å². The Morgan fingerprint density at radius 1 is 1.03 bits per heavy atom. The maximum atomic E-state index is 12.3. The van der Waals surface area contributed by atoms with Gasteiger partial charge in [0.05, 0.1) is 18.5 Å². The number of aromatic nitrogens is 1. The van der Waals surface area contributed by atoms with E-state index < -0.39 is 0 Å². The fraction of sp³-hybridized carbons (Fsp3) is 0.478. The summed E-state index contributed by atoms with van der Waals surface area (Å²) in [6.45, 7) is 10.0. The first kappa shape index (κ1) is 23.0. The van der Waals surface area contributed by atoms with Gasteiger partial charge in [-0.25, -0.2) is 9.78 Å². The van der Waals surface area contributed by atoms with E-state index in [4.69, 9.17) is 9.47 Å². The van der Waals surface area contributed by atoms with E-state index in [1.165, 1.54) is 5.56 Å². The van der Waals surface area contributed by atoms with E-state index in [1.54, 1.807) is 25.4 Å². The van der Waals surface area contributed by atoms with E-state index in [1.807, 2.05) is 6.07 Å². The summed E-state index contributed by atoms with van der Waals surface area (Å²) in [5.74, 6) is 0.497. The van der Waals surface area contributed by atoms with Crippen LogP contribution >= 0.6 is 0 Å². The maximum Gasteiger partial charge on any atom is 0.319 e. The largest absolute Gasteiger partial charge is 0.475 e. The minimum Gasteiger partial charge on any atom is -0.475 e. The third-order valence-corrected chi connectivity index (χ3v) is 5.40. The van der Waals surface area contributed by atoms with Gasteiger partial charge in [-0.05, 0) is 23.7 Å². The van der Waals surface area contributed by atoms with Crippen LogP contribution in [-0.2, 0) is 17.8 Å². The van der Waals surface area contributed by atoms with Crippen molar-refractivity contribution in [3.63, 3.8) is 0 Å². The topological polar surface area (TPSA) is 79.0 Å². The van der Waals surface area contributed by atoms with E-state index in [0.29, 0.717) is 31.3 Å². The Hall–Kier alpha value is -2.68. The Kier molecular flexibility index (Phi) is 9.08. The predicted molar refractivity (Wildman–Crippen MR) is 121 cm³/mol. The highest BCUT2D eigenvalue weighted by molar-refractivity contribution is 5.89. The Balaban J connectivity index is 1.47. The number of nitrogens with one attached hydrogen (secondary N) is 2. The number of hydrogen-bond donors (Lipinski definition) is 2.